The van der Waals surface area contributed by atoms with Gasteiger partial charge in [0.2, 0.25) is 0 Å². The van der Waals surface area contributed by atoms with Crippen molar-refractivity contribution in [2.45, 2.75) is 6.42 Å². The molecule has 2 aromatic rings. The summed E-state index contributed by atoms with van der Waals surface area (Å²) in [6, 6.07) is 13.3. The zero-order chi connectivity index (χ0) is 14.7. The largest absolute Gasteiger partial charge is 0.383 e. The molecule has 0 bridgehead atoms. The minimum absolute atomic E-state index is 0.210. The second kappa shape index (κ2) is 5.83. The van der Waals surface area contributed by atoms with Gasteiger partial charge in [0.05, 0.1) is 11.4 Å². The Labute approximate surface area is 122 Å². The van der Waals surface area contributed by atoms with Crippen molar-refractivity contribution in [1.82, 2.24) is 0 Å². The molecule has 0 radical (unpaired) electrons. The fraction of sp³-hybridized carbons (Fsp3) is 0.188. The zero-order valence-electron chi connectivity index (χ0n) is 11.5. The van der Waals surface area contributed by atoms with E-state index in [1.165, 1.54) is 12.1 Å². The second-order valence-corrected chi connectivity index (χ2v) is 4.89. The highest BCUT2D eigenvalue weighted by molar-refractivity contribution is 6.03. The highest BCUT2D eigenvalue weighted by Gasteiger charge is 2.20. The third-order valence-corrected chi connectivity index (χ3v) is 3.41. The molecule has 108 valence electrons. The molecular formula is C16H16FN3O. The average molecular weight is 285 g/mol. The van der Waals surface area contributed by atoms with Gasteiger partial charge >= 0.3 is 6.03 Å². The number of benzene rings is 2. The molecule has 1 heterocycles. The Morgan fingerprint density at radius 3 is 2.71 bits per heavy atom. The Morgan fingerprint density at radius 1 is 1.14 bits per heavy atom. The van der Waals surface area contributed by atoms with E-state index in [2.05, 4.69) is 10.6 Å². The first-order valence-corrected chi connectivity index (χ1v) is 6.91. The first-order chi connectivity index (χ1) is 10.2. The second-order valence-electron chi connectivity index (χ2n) is 4.89. The van der Waals surface area contributed by atoms with Gasteiger partial charge in [0.1, 0.15) is 5.82 Å². The van der Waals surface area contributed by atoms with Crippen LogP contribution in [0.5, 0.6) is 0 Å². The van der Waals surface area contributed by atoms with E-state index in [1.807, 2.05) is 24.3 Å². The van der Waals surface area contributed by atoms with Gasteiger partial charge in [0, 0.05) is 18.8 Å². The summed E-state index contributed by atoms with van der Waals surface area (Å²) < 4.78 is 12.9. The van der Waals surface area contributed by atoms with Crippen LogP contribution in [0, 0.1) is 5.82 Å². The third-order valence-electron chi connectivity index (χ3n) is 3.41. The lowest BCUT2D eigenvalue weighted by molar-refractivity contribution is 0.257. The maximum atomic E-state index is 12.9. The van der Waals surface area contributed by atoms with Crippen molar-refractivity contribution >= 4 is 23.1 Å². The highest BCUT2D eigenvalue weighted by Crippen LogP contribution is 2.28. The van der Waals surface area contributed by atoms with Gasteiger partial charge in [0.25, 0.3) is 0 Å². The molecule has 0 atom stereocenters. The number of nitrogens with zero attached hydrogens (tertiary/aromatic N) is 1. The summed E-state index contributed by atoms with van der Waals surface area (Å²) >= 11 is 0. The smallest absolute Gasteiger partial charge is 0.326 e. The van der Waals surface area contributed by atoms with E-state index in [0.717, 1.165) is 24.3 Å². The Bertz CT molecular complexity index is 642. The molecule has 1 aliphatic heterocycles. The molecule has 0 saturated heterocycles. The molecule has 0 spiro atoms. The van der Waals surface area contributed by atoms with Gasteiger partial charge in [-0.1, -0.05) is 12.1 Å². The minimum Gasteiger partial charge on any atom is -0.383 e. The van der Waals surface area contributed by atoms with Crippen molar-refractivity contribution in [2.75, 3.05) is 28.6 Å². The Hall–Kier alpha value is -2.56. The van der Waals surface area contributed by atoms with Crippen molar-refractivity contribution in [2.24, 2.45) is 0 Å². The number of nitrogens with one attached hydrogen (secondary N) is 2. The predicted octanol–water partition coefficient (Wildman–Crippen LogP) is 3.68. The number of carbonyl (C=O) groups excluding carboxylic acids is 1. The lowest BCUT2D eigenvalue weighted by atomic mass is 10.2. The number of carbonyl (C=O) groups is 1. The summed E-state index contributed by atoms with van der Waals surface area (Å²) in [7, 11) is 0. The average Bonchev–Trinajstić information content (AvgIpc) is 2.72. The molecule has 0 saturated carbocycles. The molecule has 5 heteroatoms. The SMILES string of the molecule is O=C(Nc1ccc(F)cc1)N1CCCNc2ccccc21. The number of hydrogen-bond donors (Lipinski definition) is 2. The van der Waals surface area contributed by atoms with Gasteiger partial charge in [-0.15, -0.1) is 0 Å². The predicted molar refractivity (Wildman–Crippen MR) is 82.3 cm³/mol. The van der Waals surface area contributed by atoms with Gasteiger partial charge < -0.3 is 10.6 Å². The number of amides is 2. The maximum absolute atomic E-state index is 12.9. The molecule has 0 aliphatic carbocycles. The van der Waals surface area contributed by atoms with Gasteiger partial charge in [-0.05, 0) is 42.8 Å². The molecule has 2 amide bonds. The molecule has 2 aromatic carbocycles. The van der Waals surface area contributed by atoms with Gasteiger partial charge in [-0.2, -0.15) is 0 Å². The molecule has 0 aromatic heterocycles. The summed E-state index contributed by atoms with van der Waals surface area (Å²) in [6.45, 7) is 1.47. The normalized spacial score (nSPS) is 13.9. The number of para-hydroxylation sites is 2. The number of anilines is 3. The quantitative estimate of drug-likeness (QED) is 0.839. The molecule has 2 N–H and O–H groups in total. The highest BCUT2D eigenvalue weighted by atomic mass is 19.1. The zero-order valence-corrected chi connectivity index (χ0v) is 11.5. The van der Waals surface area contributed by atoms with Crippen LogP contribution < -0.4 is 15.5 Å². The lowest BCUT2D eigenvalue weighted by Gasteiger charge is -2.22. The van der Waals surface area contributed by atoms with Crippen molar-refractivity contribution < 1.29 is 9.18 Å². The van der Waals surface area contributed by atoms with Gasteiger partial charge in [-0.3, -0.25) is 4.90 Å². The molecule has 0 fully saturated rings. The summed E-state index contributed by atoms with van der Waals surface area (Å²) in [6.07, 6.45) is 0.867. The van der Waals surface area contributed by atoms with Crippen molar-refractivity contribution in [3.8, 4) is 0 Å². The van der Waals surface area contributed by atoms with E-state index < -0.39 is 0 Å². The molecule has 1 aliphatic rings. The van der Waals surface area contributed by atoms with Crippen LogP contribution >= 0.6 is 0 Å². The standard InChI is InChI=1S/C16H16FN3O/c17-12-6-8-13(9-7-12)19-16(21)20-11-3-10-18-14-4-1-2-5-15(14)20/h1-2,4-9,18H,3,10-11H2,(H,19,21). The monoisotopic (exact) mass is 285 g/mol. The van der Waals surface area contributed by atoms with Crippen molar-refractivity contribution in [1.29, 1.82) is 0 Å². The Morgan fingerprint density at radius 2 is 1.90 bits per heavy atom. The van der Waals surface area contributed by atoms with Crippen molar-refractivity contribution in [3.05, 3.63) is 54.3 Å². The van der Waals surface area contributed by atoms with Crippen LogP contribution in [0.2, 0.25) is 0 Å². The first-order valence-electron chi connectivity index (χ1n) is 6.91. The molecule has 0 unspecified atom stereocenters. The number of urea groups is 1. The molecular weight excluding hydrogens is 269 g/mol. The van der Waals surface area contributed by atoms with Crippen LogP contribution in [-0.4, -0.2) is 19.1 Å². The lowest BCUT2D eigenvalue weighted by Crippen LogP contribution is -2.35. The third kappa shape index (κ3) is 2.97. The molecule has 4 nitrogen and oxygen atoms in total. The number of hydrogen-bond acceptors (Lipinski definition) is 2. The minimum atomic E-state index is -0.322. The van der Waals surface area contributed by atoms with E-state index in [-0.39, 0.29) is 11.8 Å². The fourth-order valence-corrected chi connectivity index (χ4v) is 2.37. The van der Waals surface area contributed by atoms with Crippen LogP contribution in [0.4, 0.5) is 26.2 Å². The number of halogens is 1. The van der Waals surface area contributed by atoms with Gasteiger partial charge in [0.15, 0.2) is 0 Å². The Kier molecular flexibility index (Phi) is 3.73. The summed E-state index contributed by atoms with van der Waals surface area (Å²) in [5.74, 6) is -0.322. The number of rotatable bonds is 1. The van der Waals surface area contributed by atoms with Crippen LogP contribution in [-0.2, 0) is 0 Å². The summed E-state index contributed by atoms with van der Waals surface area (Å²) in [5.41, 5.74) is 2.38. The van der Waals surface area contributed by atoms with Crippen LogP contribution in [0.3, 0.4) is 0 Å². The number of fused-ring (bicyclic) bond motifs is 1. The molecule has 21 heavy (non-hydrogen) atoms. The van der Waals surface area contributed by atoms with E-state index >= 15 is 0 Å². The Balaban J connectivity index is 1.82. The fourth-order valence-electron chi connectivity index (χ4n) is 2.37. The summed E-state index contributed by atoms with van der Waals surface area (Å²) in [5, 5.41) is 6.11. The van der Waals surface area contributed by atoms with E-state index in [0.29, 0.717) is 12.2 Å². The van der Waals surface area contributed by atoms with E-state index in [1.54, 1.807) is 17.0 Å². The van der Waals surface area contributed by atoms with E-state index in [9.17, 15) is 9.18 Å². The van der Waals surface area contributed by atoms with Gasteiger partial charge in [-0.25, -0.2) is 9.18 Å². The van der Waals surface area contributed by atoms with Crippen LogP contribution in [0.15, 0.2) is 48.5 Å². The first kappa shape index (κ1) is 13.4. The van der Waals surface area contributed by atoms with E-state index in [4.69, 9.17) is 0 Å². The maximum Gasteiger partial charge on any atom is 0.326 e. The topological polar surface area (TPSA) is 44.4 Å². The van der Waals surface area contributed by atoms with Crippen molar-refractivity contribution in [3.63, 3.8) is 0 Å². The summed E-state index contributed by atoms with van der Waals surface area (Å²) in [4.78, 5) is 14.2. The van der Waals surface area contributed by atoms with Crippen LogP contribution in [0.25, 0.3) is 0 Å². The molecule has 3 rings (SSSR count). The van der Waals surface area contributed by atoms with Crippen LogP contribution in [0.1, 0.15) is 6.42 Å².